The molecule has 0 atom stereocenters. The van der Waals surface area contributed by atoms with Gasteiger partial charge >= 0.3 is 0 Å². The topological polar surface area (TPSA) is 41.9 Å². The lowest BCUT2D eigenvalue weighted by Gasteiger charge is -2.17. The van der Waals surface area contributed by atoms with E-state index in [0.29, 0.717) is 17.5 Å². The molecule has 0 fully saturated rings. The molecule has 3 rings (SSSR count). The molecule has 134 valence electrons. The van der Waals surface area contributed by atoms with Crippen LogP contribution in [0.4, 0.5) is 10.1 Å². The van der Waals surface area contributed by atoms with Crippen molar-refractivity contribution in [3.8, 4) is 5.75 Å². The van der Waals surface area contributed by atoms with Crippen LogP contribution in [0.15, 0.2) is 59.2 Å². The van der Waals surface area contributed by atoms with Crippen LogP contribution in [0.2, 0.25) is 0 Å². The molecule has 0 N–H and O–H groups in total. The summed E-state index contributed by atoms with van der Waals surface area (Å²) < 4.78 is 18.5. The molecule has 0 aromatic heterocycles. The zero-order valence-electron chi connectivity index (χ0n) is 14.6. The van der Waals surface area contributed by atoms with Gasteiger partial charge in [-0.15, -0.1) is 0 Å². The standard InChI is InChI=1S/C20H19FN2O2S/c1-3-25-17-11-9-16(10-12-17)23-19(24)18(22-20(23)26-4-2)13-14-5-7-15(21)8-6-14/h5-13H,3-4H2,1-2H3/b18-13-. The number of nitrogens with zero attached hydrogens (tertiary/aromatic N) is 2. The lowest BCUT2D eigenvalue weighted by atomic mass is 10.2. The average Bonchev–Trinajstić information content (AvgIpc) is 2.94. The van der Waals surface area contributed by atoms with Crippen molar-refractivity contribution in [2.75, 3.05) is 17.3 Å². The number of benzene rings is 2. The maximum atomic E-state index is 13.1. The summed E-state index contributed by atoms with van der Waals surface area (Å²) >= 11 is 1.50. The van der Waals surface area contributed by atoms with Crippen LogP contribution < -0.4 is 9.64 Å². The summed E-state index contributed by atoms with van der Waals surface area (Å²) in [5, 5.41) is 0.634. The molecular weight excluding hydrogens is 351 g/mol. The first-order valence-corrected chi connectivity index (χ1v) is 9.37. The van der Waals surface area contributed by atoms with Crippen molar-refractivity contribution in [1.29, 1.82) is 0 Å². The minimum absolute atomic E-state index is 0.200. The van der Waals surface area contributed by atoms with Crippen molar-refractivity contribution in [1.82, 2.24) is 0 Å². The normalized spacial score (nSPS) is 15.5. The summed E-state index contributed by atoms with van der Waals surface area (Å²) in [7, 11) is 0. The molecule has 2 aromatic rings. The molecule has 26 heavy (non-hydrogen) atoms. The lowest BCUT2D eigenvalue weighted by Crippen LogP contribution is -2.30. The zero-order valence-corrected chi connectivity index (χ0v) is 15.4. The molecular formula is C20H19FN2O2S. The Morgan fingerprint density at radius 2 is 1.81 bits per heavy atom. The van der Waals surface area contributed by atoms with Crippen molar-refractivity contribution >= 4 is 34.6 Å². The monoisotopic (exact) mass is 370 g/mol. The van der Waals surface area contributed by atoms with Crippen LogP contribution in [-0.2, 0) is 4.79 Å². The Balaban J connectivity index is 1.91. The largest absolute Gasteiger partial charge is 0.494 e. The second-order valence-electron chi connectivity index (χ2n) is 5.48. The van der Waals surface area contributed by atoms with Gasteiger partial charge in [-0.2, -0.15) is 0 Å². The summed E-state index contributed by atoms with van der Waals surface area (Å²) in [6.07, 6.45) is 1.67. The number of thioether (sulfide) groups is 1. The van der Waals surface area contributed by atoms with Crippen molar-refractivity contribution < 1.29 is 13.9 Å². The van der Waals surface area contributed by atoms with E-state index >= 15 is 0 Å². The van der Waals surface area contributed by atoms with Gasteiger partial charge in [0.05, 0.1) is 12.3 Å². The third kappa shape index (κ3) is 3.96. The number of anilines is 1. The van der Waals surface area contributed by atoms with Gasteiger partial charge in [0.1, 0.15) is 17.3 Å². The molecule has 1 aliphatic rings. The molecule has 2 aromatic carbocycles. The Morgan fingerprint density at radius 1 is 1.12 bits per heavy atom. The number of carbonyl (C=O) groups is 1. The average molecular weight is 370 g/mol. The predicted molar refractivity (Wildman–Crippen MR) is 105 cm³/mol. The molecule has 0 aliphatic carbocycles. The van der Waals surface area contributed by atoms with Crippen molar-refractivity contribution in [2.45, 2.75) is 13.8 Å². The van der Waals surface area contributed by atoms with Crippen molar-refractivity contribution in [2.24, 2.45) is 4.99 Å². The molecule has 4 nitrogen and oxygen atoms in total. The van der Waals surface area contributed by atoms with E-state index in [0.717, 1.165) is 22.8 Å². The number of carbonyl (C=O) groups excluding carboxylic acids is 1. The van der Waals surface area contributed by atoms with Gasteiger partial charge in [0.25, 0.3) is 5.91 Å². The Labute approximate surface area is 156 Å². The molecule has 1 heterocycles. The molecule has 0 radical (unpaired) electrons. The molecule has 0 unspecified atom stereocenters. The van der Waals surface area contributed by atoms with Gasteiger partial charge < -0.3 is 4.74 Å². The Bertz CT molecular complexity index is 845. The fourth-order valence-electron chi connectivity index (χ4n) is 2.52. The summed E-state index contributed by atoms with van der Waals surface area (Å²) in [6.45, 7) is 4.52. The van der Waals surface area contributed by atoms with Crippen LogP contribution in [-0.4, -0.2) is 23.4 Å². The van der Waals surface area contributed by atoms with E-state index in [9.17, 15) is 9.18 Å². The maximum absolute atomic E-state index is 13.1. The van der Waals surface area contributed by atoms with E-state index in [1.165, 1.54) is 23.9 Å². The quantitative estimate of drug-likeness (QED) is 0.715. The van der Waals surface area contributed by atoms with Crippen LogP contribution in [0.5, 0.6) is 5.75 Å². The second-order valence-corrected chi connectivity index (χ2v) is 6.71. The minimum Gasteiger partial charge on any atom is -0.494 e. The number of hydrogen-bond acceptors (Lipinski definition) is 4. The number of ether oxygens (including phenoxy) is 1. The van der Waals surface area contributed by atoms with E-state index in [4.69, 9.17) is 4.74 Å². The highest BCUT2D eigenvalue weighted by atomic mass is 32.2. The van der Waals surface area contributed by atoms with Gasteiger partial charge in [-0.05, 0) is 60.7 Å². The lowest BCUT2D eigenvalue weighted by molar-refractivity contribution is -0.113. The van der Waals surface area contributed by atoms with E-state index in [-0.39, 0.29) is 11.7 Å². The third-order valence-corrected chi connectivity index (χ3v) is 4.50. The van der Waals surface area contributed by atoms with Crippen LogP contribution in [0, 0.1) is 5.82 Å². The summed E-state index contributed by atoms with van der Waals surface area (Å²) in [5.41, 5.74) is 1.80. The molecule has 6 heteroatoms. The fourth-order valence-corrected chi connectivity index (χ4v) is 3.26. The molecule has 1 aliphatic heterocycles. The molecule has 1 amide bonds. The van der Waals surface area contributed by atoms with Crippen LogP contribution >= 0.6 is 11.8 Å². The first-order valence-electron chi connectivity index (χ1n) is 8.38. The van der Waals surface area contributed by atoms with Gasteiger partial charge in [0, 0.05) is 0 Å². The van der Waals surface area contributed by atoms with E-state index in [2.05, 4.69) is 4.99 Å². The van der Waals surface area contributed by atoms with Gasteiger partial charge in [0.2, 0.25) is 0 Å². The summed E-state index contributed by atoms with van der Waals surface area (Å²) in [4.78, 5) is 19.0. The number of halogens is 1. The van der Waals surface area contributed by atoms with Crippen LogP contribution in [0.1, 0.15) is 19.4 Å². The predicted octanol–water partition coefficient (Wildman–Crippen LogP) is 4.72. The van der Waals surface area contributed by atoms with Crippen LogP contribution in [0.25, 0.3) is 6.08 Å². The van der Waals surface area contributed by atoms with Crippen molar-refractivity contribution in [3.63, 3.8) is 0 Å². The van der Waals surface area contributed by atoms with E-state index < -0.39 is 0 Å². The Hall–Kier alpha value is -2.60. The van der Waals surface area contributed by atoms with Crippen LogP contribution in [0.3, 0.4) is 0 Å². The SMILES string of the molecule is CCOc1ccc(N2C(=O)/C(=C/c3ccc(F)cc3)N=C2SCC)cc1. The first kappa shape index (κ1) is 18.2. The summed E-state index contributed by atoms with van der Waals surface area (Å²) in [5.74, 6) is 1.04. The highest BCUT2D eigenvalue weighted by Gasteiger charge is 2.31. The second kappa shape index (κ2) is 8.19. The number of hydrogen-bond donors (Lipinski definition) is 0. The Morgan fingerprint density at radius 3 is 2.42 bits per heavy atom. The van der Waals surface area contributed by atoms with E-state index in [1.807, 2.05) is 38.1 Å². The Kier molecular flexibility index (Phi) is 5.73. The van der Waals surface area contributed by atoms with Gasteiger partial charge in [0.15, 0.2) is 5.17 Å². The number of amides is 1. The highest BCUT2D eigenvalue weighted by molar-refractivity contribution is 8.14. The van der Waals surface area contributed by atoms with Gasteiger partial charge in [-0.1, -0.05) is 30.8 Å². The first-order chi connectivity index (χ1) is 12.6. The highest BCUT2D eigenvalue weighted by Crippen LogP contribution is 2.30. The fraction of sp³-hybridized carbons (Fsp3) is 0.200. The van der Waals surface area contributed by atoms with E-state index in [1.54, 1.807) is 23.1 Å². The number of aliphatic imine (C=N–C) groups is 1. The number of rotatable bonds is 5. The smallest absolute Gasteiger partial charge is 0.283 e. The van der Waals surface area contributed by atoms with Crippen molar-refractivity contribution in [3.05, 3.63) is 65.6 Å². The summed E-state index contributed by atoms with van der Waals surface area (Å²) in [6, 6.07) is 13.3. The molecule has 0 saturated heterocycles. The third-order valence-electron chi connectivity index (χ3n) is 3.68. The molecule has 0 spiro atoms. The minimum atomic E-state index is -0.313. The van der Waals surface area contributed by atoms with Gasteiger partial charge in [-0.3, -0.25) is 9.69 Å². The van der Waals surface area contributed by atoms with Gasteiger partial charge in [-0.25, -0.2) is 9.38 Å². The number of amidine groups is 1. The zero-order chi connectivity index (χ0) is 18.5. The maximum Gasteiger partial charge on any atom is 0.283 e. The molecule has 0 saturated carbocycles. The molecule has 0 bridgehead atoms.